The molecule has 4 nitrogen and oxygen atoms in total. The predicted molar refractivity (Wildman–Crippen MR) is 56.5 cm³/mol. The first kappa shape index (κ1) is 10.6. The van der Waals surface area contributed by atoms with Gasteiger partial charge in [0.1, 0.15) is 12.0 Å². The van der Waals surface area contributed by atoms with E-state index >= 15 is 0 Å². The van der Waals surface area contributed by atoms with E-state index in [0.717, 1.165) is 25.4 Å². The average Bonchev–Trinajstić information content (AvgIpc) is 2.86. The van der Waals surface area contributed by atoms with Gasteiger partial charge in [0.25, 0.3) is 0 Å². The predicted octanol–water partition coefficient (Wildman–Crippen LogP) is 1.36. The highest BCUT2D eigenvalue weighted by Crippen LogP contribution is 2.27. The molecule has 2 heterocycles. The first-order valence-electron chi connectivity index (χ1n) is 5.50. The molecule has 0 aliphatic carbocycles. The topological polar surface area (TPSA) is 49.5 Å². The van der Waals surface area contributed by atoms with Crippen molar-refractivity contribution in [1.82, 2.24) is 9.88 Å². The maximum atomic E-state index is 8.90. The summed E-state index contributed by atoms with van der Waals surface area (Å²) in [6.07, 6.45) is 2.65. The minimum Gasteiger partial charge on any atom is -0.448 e. The second-order valence-electron chi connectivity index (χ2n) is 4.41. The van der Waals surface area contributed by atoms with Crippen LogP contribution in [0, 0.1) is 0 Å². The lowest BCUT2D eigenvalue weighted by atomic mass is 10.1. The summed E-state index contributed by atoms with van der Waals surface area (Å²) in [5.74, 6) is 1.18. The summed E-state index contributed by atoms with van der Waals surface area (Å²) in [5.41, 5.74) is 0.632. The Morgan fingerprint density at radius 3 is 3.00 bits per heavy atom. The molecule has 0 radical (unpaired) electrons. The summed E-state index contributed by atoms with van der Waals surface area (Å²) in [4.78, 5) is 6.69. The third kappa shape index (κ3) is 2.21. The zero-order valence-electron chi connectivity index (χ0n) is 9.31. The molecule has 15 heavy (non-hydrogen) atoms. The smallest absolute Gasteiger partial charge is 0.198 e. The normalized spacial score (nSPS) is 22.8. The van der Waals surface area contributed by atoms with Crippen molar-refractivity contribution in [2.75, 3.05) is 13.1 Å². The molecular formula is C11H18N2O2. The lowest BCUT2D eigenvalue weighted by Gasteiger charge is -2.19. The van der Waals surface area contributed by atoms with Gasteiger partial charge in [-0.1, -0.05) is 0 Å². The fourth-order valence-electron chi connectivity index (χ4n) is 2.04. The summed E-state index contributed by atoms with van der Waals surface area (Å²) in [6, 6.07) is 0.585. The van der Waals surface area contributed by atoms with E-state index in [1.807, 2.05) is 0 Å². The standard InChI is InChI=1S/C11H18N2O2/c1-8(2)13-4-3-9(5-13)11-12-10(6-14)7-15-11/h7-9,14H,3-6H2,1-2H3. The fraction of sp³-hybridized carbons (Fsp3) is 0.727. The molecule has 1 N–H and O–H groups in total. The van der Waals surface area contributed by atoms with Crippen molar-refractivity contribution >= 4 is 0 Å². The molecule has 84 valence electrons. The van der Waals surface area contributed by atoms with E-state index in [9.17, 15) is 0 Å². The van der Waals surface area contributed by atoms with E-state index in [1.54, 1.807) is 6.26 Å². The SMILES string of the molecule is CC(C)N1CCC(c2nc(CO)co2)C1. The number of aliphatic hydroxyl groups excluding tert-OH is 1. The molecule has 1 fully saturated rings. The zero-order chi connectivity index (χ0) is 10.8. The monoisotopic (exact) mass is 210 g/mol. The maximum absolute atomic E-state index is 8.90. The van der Waals surface area contributed by atoms with Gasteiger partial charge in [-0.2, -0.15) is 0 Å². The number of aromatic nitrogens is 1. The van der Waals surface area contributed by atoms with Crippen molar-refractivity contribution < 1.29 is 9.52 Å². The number of hydrogen-bond acceptors (Lipinski definition) is 4. The number of likely N-dealkylation sites (tertiary alicyclic amines) is 1. The first-order valence-corrected chi connectivity index (χ1v) is 5.50. The Hall–Kier alpha value is -0.870. The molecule has 1 aromatic rings. The number of oxazole rings is 1. The number of rotatable bonds is 3. The quantitative estimate of drug-likeness (QED) is 0.818. The van der Waals surface area contributed by atoms with Crippen LogP contribution < -0.4 is 0 Å². The molecule has 0 saturated carbocycles. The lowest BCUT2D eigenvalue weighted by Crippen LogP contribution is -2.27. The molecule has 1 aromatic heterocycles. The summed E-state index contributed by atoms with van der Waals surface area (Å²) in [6.45, 7) is 6.50. The molecule has 1 aliphatic heterocycles. The zero-order valence-corrected chi connectivity index (χ0v) is 9.31. The first-order chi connectivity index (χ1) is 7.20. The van der Waals surface area contributed by atoms with Gasteiger partial charge < -0.3 is 14.4 Å². The Kier molecular flexibility index (Phi) is 3.07. The van der Waals surface area contributed by atoms with Crippen molar-refractivity contribution in [1.29, 1.82) is 0 Å². The Morgan fingerprint density at radius 2 is 2.47 bits per heavy atom. The molecule has 0 bridgehead atoms. The number of aliphatic hydroxyl groups is 1. The minimum atomic E-state index is -0.0376. The molecule has 0 amide bonds. The van der Waals surface area contributed by atoms with Crippen LogP contribution in [0.25, 0.3) is 0 Å². The van der Waals surface area contributed by atoms with Crippen LogP contribution in [0.2, 0.25) is 0 Å². The Balaban J connectivity index is 2.01. The molecule has 1 atom stereocenters. The highest BCUT2D eigenvalue weighted by atomic mass is 16.3. The van der Waals surface area contributed by atoms with Crippen molar-refractivity contribution in [3.8, 4) is 0 Å². The third-order valence-corrected chi connectivity index (χ3v) is 3.03. The Morgan fingerprint density at radius 1 is 1.67 bits per heavy atom. The van der Waals surface area contributed by atoms with Crippen LogP contribution >= 0.6 is 0 Å². The highest BCUT2D eigenvalue weighted by molar-refractivity contribution is 5.03. The summed E-state index contributed by atoms with van der Waals surface area (Å²) in [7, 11) is 0. The molecule has 0 spiro atoms. The fourth-order valence-corrected chi connectivity index (χ4v) is 2.04. The van der Waals surface area contributed by atoms with Crippen LogP contribution in [-0.2, 0) is 6.61 Å². The molecule has 4 heteroatoms. The van der Waals surface area contributed by atoms with Gasteiger partial charge in [0.05, 0.1) is 6.61 Å². The van der Waals surface area contributed by atoms with Crippen LogP contribution in [0.3, 0.4) is 0 Å². The summed E-state index contributed by atoms with van der Waals surface area (Å²) < 4.78 is 5.37. The van der Waals surface area contributed by atoms with Gasteiger partial charge in [-0.3, -0.25) is 0 Å². The number of nitrogens with zero attached hydrogens (tertiary/aromatic N) is 2. The Labute approximate surface area is 89.9 Å². The molecule has 0 aromatic carbocycles. The van der Waals surface area contributed by atoms with Gasteiger partial charge in [-0.15, -0.1) is 0 Å². The molecular weight excluding hydrogens is 192 g/mol. The van der Waals surface area contributed by atoms with Crippen molar-refractivity contribution in [2.45, 2.75) is 38.8 Å². The van der Waals surface area contributed by atoms with Crippen LogP contribution in [0.15, 0.2) is 10.7 Å². The van der Waals surface area contributed by atoms with Crippen molar-refractivity contribution in [2.24, 2.45) is 0 Å². The molecule has 1 unspecified atom stereocenters. The summed E-state index contributed by atoms with van der Waals surface area (Å²) >= 11 is 0. The second kappa shape index (κ2) is 4.33. The molecule has 2 rings (SSSR count). The van der Waals surface area contributed by atoms with E-state index in [-0.39, 0.29) is 6.61 Å². The van der Waals surface area contributed by atoms with Crippen molar-refractivity contribution in [3.05, 3.63) is 17.8 Å². The highest BCUT2D eigenvalue weighted by Gasteiger charge is 2.28. The second-order valence-corrected chi connectivity index (χ2v) is 4.41. The van der Waals surface area contributed by atoms with Gasteiger partial charge in [0.15, 0.2) is 5.89 Å². The van der Waals surface area contributed by atoms with E-state index in [0.29, 0.717) is 17.7 Å². The molecule has 1 saturated heterocycles. The van der Waals surface area contributed by atoms with Gasteiger partial charge in [-0.25, -0.2) is 4.98 Å². The van der Waals surface area contributed by atoms with E-state index in [1.165, 1.54) is 0 Å². The van der Waals surface area contributed by atoms with Crippen LogP contribution in [0.1, 0.15) is 37.8 Å². The average molecular weight is 210 g/mol. The third-order valence-electron chi connectivity index (χ3n) is 3.03. The Bertz CT molecular complexity index is 322. The van der Waals surface area contributed by atoms with Gasteiger partial charge in [0.2, 0.25) is 0 Å². The minimum absolute atomic E-state index is 0.0376. The van der Waals surface area contributed by atoms with Crippen LogP contribution in [-0.4, -0.2) is 34.1 Å². The van der Waals surface area contributed by atoms with Crippen LogP contribution in [0.4, 0.5) is 0 Å². The van der Waals surface area contributed by atoms with Gasteiger partial charge >= 0.3 is 0 Å². The van der Waals surface area contributed by atoms with E-state index < -0.39 is 0 Å². The largest absolute Gasteiger partial charge is 0.448 e. The van der Waals surface area contributed by atoms with E-state index in [4.69, 9.17) is 9.52 Å². The summed E-state index contributed by atoms with van der Waals surface area (Å²) in [5, 5.41) is 8.90. The number of hydrogen-bond donors (Lipinski definition) is 1. The van der Waals surface area contributed by atoms with Crippen molar-refractivity contribution in [3.63, 3.8) is 0 Å². The lowest BCUT2D eigenvalue weighted by molar-refractivity contribution is 0.268. The molecule has 1 aliphatic rings. The van der Waals surface area contributed by atoms with Gasteiger partial charge in [-0.05, 0) is 26.8 Å². The van der Waals surface area contributed by atoms with Crippen LogP contribution in [0.5, 0.6) is 0 Å². The van der Waals surface area contributed by atoms with Gasteiger partial charge in [0, 0.05) is 18.5 Å². The maximum Gasteiger partial charge on any atom is 0.198 e. The van der Waals surface area contributed by atoms with E-state index in [2.05, 4.69) is 23.7 Å².